The molecular weight excluding hydrogens is 438 g/mol. The average molecular weight is 459 g/mol. The summed E-state index contributed by atoms with van der Waals surface area (Å²) in [5.41, 5.74) is 1.52. The fraction of sp³-hybridized carbons (Fsp3) is 0.190. The van der Waals surface area contributed by atoms with Crippen molar-refractivity contribution < 1.29 is 27.3 Å². The van der Waals surface area contributed by atoms with Gasteiger partial charge in [0, 0.05) is 6.07 Å². The van der Waals surface area contributed by atoms with Crippen molar-refractivity contribution in [1.82, 2.24) is 4.72 Å². The zero-order valence-corrected chi connectivity index (χ0v) is 17.9. The lowest BCUT2D eigenvalue weighted by Gasteiger charge is -2.10. The number of aryl methyl sites for hydroxylation is 1. The van der Waals surface area contributed by atoms with Crippen LogP contribution < -0.4 is 10.0 Å². The minimum absolute atomic E-state index is 0.00233. The maximum absolute atomic E-state index is 12.5. The predicted octanol–water partition coefficient (Wildman–Crippen LogP) is 3.13. The zero-order chi connectivity index (χ0) is 23.1. The first-order chi connectivity index (χ1) is 15.2. The highest BCUT2D eigenvalue weighted by atomic mass is 32.2. The third kappa shape index (κ3) is 6.15. The van der Waals surface area contributed by atoms with E-state index in [1.807, 2.05) is 19.1 Å². The Morgan fingerprint density at radius 1 is 1.16 bits per heavy atom. The Labute approximate surface area is 184 Å². The van der Waals surface area contributed by atoms with E-state index in [1.54, 1.807) is 24.3 Å². The molecule has 0 fully saturated rings. The monoisotopic (exact) mass is 459 g/mol. The van der Waals surface area contributed by atoms with Gasteiger partial charge in [-0.1, -0.05) is 29.8 Å². The van der Waals surface area contributed by atoms with Gasteiger partial charge in [-0.15, -0.1) is 0 Å². The Morgan fingerprint density at radius 3 is 2.56 bits per heavy atom. The van der Waals surface area contributed by atoms with Crippen LogP contribution in [-0.4, -0.2) is 25.9 Å². The summed E-state index contributed by atoms with van der Waals surface area (Å²) < 4.78 is 37.3. The fourth-order valence-electron chi connectivity index (χ4n) is 2.71. The van der Waals surface area contributed by atoms with Gasteiger partial charge in [-0.2, -0.15) is 4.72 Å². The van der Waals surface area contributed by atoms with Gasteiger partial charge in [0.05, 0.1) is 22.6 Å². The van der Waals surface area contributed by atoms with Crippen molar-refractivity contribution in [1.29, 1.82) is 0 Å². The van der Waals surface area contributed by atoms with Crippen LogP contribution in [0.2, 0.25) is 0 Å². The smallest absolute Gasteiger partial charge is 0.321 e. The Bertz CT molecular complexity index is 1190. The molecule has 0 amide bonds. The van der Waals surface area contributed by atoms with Gasteiger partial charge in [0.1, 0.15) is 24.6 Å². The normalized spacial score (nSPS) is 11.2. The SMILES string of the molecule is Cc1ccc(COC(=O)CNS(=O)(=O)c2ccc(NCc3ccco3)c([N+](=O)[O-])c2)cc1. The number of nitrogens with zero attached hydrogens (tertiary/aromatic N) is 1. The highest BCUT2D eigenvalue weighted by Crippen LogP contribution is 2.28. The quantitative estimate of drug-likeness (QED) is 0.268. The van der Waals surface area contributed by atoms with E-state index in [0.29, 0.717) is 5.76 Å². The van der Waals surface area contributed by atoms with E-state index in [0.717, 1.165) is 17.2 Å². The molecule has 0 spiro atoms. The molecule has 0 aliphatic rings. The molecule has 11 heteroatoms. The zero-order valence-electron chi connectivity index (χ0n) is 17.1. The summed E-state index contributed by atoms with van der Waals surface area (Å²) in [6.07, 6.45) is 1.47. The molecule has 3 rings (SSSR count). The third-order valence-electron chi connectivity index (χ3n) is 4.44. The number of ether oxygens (including phenoxy) is 1. The molecule has 0 aliphatic carbocycles. The van der Waals surface area contributed by atoms with Gasteiger partial charge in [0.15, 0.2) is 0 Å². The fourth-order valence-corrected chi connectivity index (χ4v) is 3.70. The molecule has 0 saturated heterocycles. The predicted molar refractivity (Wildman–Crippen MR) is 115 cm³/mol. The molecule has 0 unspecified atom stereocenters. The summed E-state index contributed by atoms with van der Waals surface area (Å²) in [6, 6.07) is 14.1. The van der Waals surface area contributed by atoms with Crippen molar-refractivity contribution in [3.8, 4) is 0 Å². The Balaban J connectivity index is 1.62. The number of hydrogen-bond donors (Lipinski definition) is 2. The van der Waals surface area contributed by atoms with Crippen LogP contribution in [0.5, 0.6) is 0 Å². The van der Waals surface area contributed by atoms with Crippen LogP contribution in [0.4, 0.5) is 11.4 Å². The molecule has 32 heavy (non-hydrogen) atoms. The molecule has 3 aromatic rings. The van der Waals surface area contributed by atoms with Crippen molar-refractivity contribution >= 4 is 27.4 Å². The van der Waals surface area contributed by atoms with Crippen molar-refractivity contribution in [3.05, 3.63) is 87.9 Å². The van der Waals surface area contributed by atoms with E-state index in [9.17, 15) is 23.3 Å². The van der Waals surface area contributed by atoms with E-state index >= 15 is 0 Å². The first-order valence-electron chi connectivity index (χ1n) is 9.50. The molecule has 0 saturated carbocycles. The van der Waals surface area contributed by atoms with Gasteiger partial charge >= 0.3 is 5.97 Å². The number of carbonyl (C=O) groups is 1. The number of carbonyl (C=O) groups excluding carboxylic acids is 1. The summed E-state index contributed by atoms with van der Waals surface area (Å²) in [5.74, 6) is -0.220. The molecule has 1 heterocycles. The topological polar surface area (TPSA) is 141 Å². The van der Waals surface area contributed by atoms with E-state index in [4.69, 9.17) is 9.15 Å². The lowest BCUT2D eigenvalue weighted by Crippen LogP contribution is -2.30. The van der Waals surface area contributed by atoms with Crippen LogP contribution in [0.1, 0.15) is 16.9 Å². The van der Waals surface area contributed by atoms with Crippen molar-refractivity contribution in [2.75, 3.05) is 11.9 Å². The van der Waals surface area contributed by atoms with Crippen LogP contribution in [0.3, 0.4) is 0 Å². The highest BCUT2D eigenvalue weighted by Gasteiger charge is 2.22. The number of anilines is 1. The maximum Gasteiger partial charge on any atom is 0.321 e. The second-order valence-corrected chi connectivity index (χ2v) is 8.61. The standard InChI is InChI=1S/C21H21N3O7S/c1-15-4-6-16(7-5-15)14-31-21(25)13-23-32(28,29)18-8-9-19(20(11-18)24(26)27)22-12-17-3-2-10-30-17/h2-11,22-23H,12-14H2,1H3. The summed E-state index contributed by atoms with van der Waals surface area (Å²) in [5, 5.41) is 14.3. The van der Waals surface area contributed by atoms with E-state index in [1.165, 1.54) is 18.4 Å². The largest absolute Gasteiger partial charge is 0.467 e. The summed E-state index contributed by atoms with van der Waals surface area (Å²) in [4.78, 5) is 22.3. The molecule has 0 atom stereocenters. The molecule has 0 bridgehead atoms. The third-order valence-corrected chi connectivity index (χ3v) is 5.84. The van der Waals surface area contributed by atoms with E-state index in [2.05, 4.69) is 10.0 Å². The Hall–Kier alpha value is -3.70. The van der Waals surface area contributed by atoms with Crippen LogP contribution in [0, 0.1) is 17.0 Å². The number of nitro groups is 1. The molecule has 168 valence electrons. The van der Waals surface area contributed by atoms with Gasteiger partial charge in [0.25, 0.3) is 5.69 Å². The summed E-state index contributed by atoms with van der Waals surface area (Å²) >= 11 is 0. The van der Waals surface area contributed by atoms with Crippen molar-refractivity contribution in [2.45, 2.75) is 25.0 Å². The Kier molecular flexibility index (Phi) is 7.23. The second kappa shape index (κ2) is 10.1. The second-order valence-electron chi connectivity index (χ2n) is 6.84. The van der Waals surface area contributed by atoms with Crippen LogP contribution >= 0.6 is 0 Å². The van der Waals surface area contributed by atoms with Crippen LogP contribution in [0.15, 0.2) is 70.2 Å². The van der Waals surface area contributed by atoms with Gasteiger partial charge in [-0.05, 0) is 36.8 Å². The van der Waals surface area contributed by atoms with Crippen LogP contribution in [0.25, 0.3) is 0 Å². The molecule has 0 radical (unpaired) electrons. The van der Waals surface area contributed by atoms with Crippen LogP contribution in [-0.2, 0) is 32.7 Å². The number of benzene rings is 2. The first kappa shape index (κ1) is 23.0. The first-order valence-corrected chi connectivity index (χ1v) is 11.0. The molecular formula is C21H21N3O7S. The highest BCUT2D eigenvalue weighted by molar-refractivity contribution is 7.89. The maximum atomic E-state index is 12.5. The Morgan fingerprint density at radius 2 is 1.91 bits per heavy atom. The minimum Gasteiger partial charge on any atom is -0.467 e. The lowest BCUT2D eigenvalue weighted by molar-refractivity contribution is -0.384. The molecule has 0 aliphatic heterocycles. The number of nitro benzene ring substituents is 1. The summed E-state index contributed by atoms with van der Waals surface area (Å²) in [7, 11) is -4.18. The average Bonchev–Trinajstić information content (AvgIpc) is 3.29. The summed E-state index contributed by atoms with van der Waals surface area (Å²) in [6.45, 7) is 1.50. The number of esters is 1. The number of hydrogen-bond acceptors (Lipinski definition) is 8. The van der Waals surface area contributed by atoms with Gasteiger partial charge in [-0.3, -0.25) is 14.9 Å². The van der Waals surface area contributed by atoms with E-state index < -0.39 is 33.1 Å². The number of nitrogens with one attached hydrogen (secondary N) is 2. The van der Waals surface area contributed by atoms with Crippen molar-refractivity contribution in [2.24, 2.45) is 0 Å². The van der Waals surface area contributed by atoms with Gasteiger partial charge < -0.3 is 14.5 Å². The van der Waals surface area contributed by atoms with E-state index in [-0.39, 0.29) is 23.7 Å². The van der Waals surface area contributed by atoms with Crippen molar-refractivity contribution in [3.63, 3.8) is 0 Å². The molecule has 2 N–H and O–H groups in total. The molecule has 10 nitrogen and oxygen atoms in total. The van der Waals surface area contributed by atoms with Gasteiger partial charge in [-0.25, -0.2) is 8.42 Å². The number of sulfonamides is 1. The molecule has 1 aromatic heterocycles. The minimum atomic E-state index is -4.18. The number of rotatable bonds is 10. The number of furan rings is 1. The lowest BCUT2D eigenvalue weighted by atomic mass is 10.2. The van der Waals surface area contributed by atoms with Gasteiger partial charge in [0.2, 0.25) is 10.0 Å². The molecule has 2 aromatic carbocycles.